The largest absolute Gasteiger partial charge is 0.416 e. The maximum absolute atomic E-state index is 13.3. The molecule has 3 aromatic rings. The summed E-state index contributed by atoms with van der Waals surface area (Å²) < 4.78 is 67.5. The molecule has 0 aliphatic heterocycles. The molecule has 3 aromatic carbocycles. The van der Waals surface area contributed by atoms with Gasteiger partial charge in [0.2, 0.25) is 15.9 Å². The van der Waals surface area contributed by atoms with Crippen LogP contribution in [-0.4, -0.2) is 25.2 Å². The van der Waals surface area contributed by atoms with Crippen molar-refractivity contribution in [1.82, 2.24) is 4.31 Å². The topological polar surface area (TPSA) is 66.5 Å². The highest BCUT2D eigenvalue weighted by Crippen LogP contribution is 2.34. The van der Waals surface area contributed by atoms with E-state index >= 15 is 0 Å². The third-order valence-corrected chi connectivity index (χ3v) is 7.48. The van der Waals surface area contributed by atoms with Gasteiger partial charge in [0, 0.05) is 11.0 Å². The van der Waals surface area contributed by atoms with Gasteiger partial charge in [-0.15, -0.1) is 0 Å². The monoisotopic (exact) mass is 574 g/mol. The minimum Gasteiger partial charge on any atom is -0.324 e. The van der Waals surface area contributed by atoms with Crippen LogP contribution in [0, 0.1) is 6.92 Å². The van der Waals surface area contributed by atoms with Crippen molar-refractivity contribution in [3.63, 3.8) is 0 Å². The average molecular weight is 576 g/mol. The maximum Gasteiger partial charge on any atom is 0.416 e. The van der Waals surface area contributed by atoms with Crippen LogP contribution < -0.4 is 5.32 Å². The minimum atomic E-state index is -4.63. The molecule has 0 heterocycles. The van der Waals surface area contributed by atoms with Crippen LogP contribution in [0.4, 0.5) is 18.9 Å². The van der Waals surface area contributed by atoms with E-state index in [-0.39, 0.29) is 22.2 Å². The standard InChI is InChI=1S/C23H19BrClF3N2O3S/c1-15-2-9-19(10-3-15)34(32,33)30(13-16-4-7-18(24)8-5-16)14-22(31)29-21-12-17(23(26,27)28)6-11-20(21)25/h2-12H,13-14H2,1H3,(H,29,31). The number of alkyl halides is 3. The van der Waals surface area contributed by atoms with Crippen molar-refractivity contribution < 1.29 is 26.4 Å². The maximum atomic E-state index is 13.3. The zero-order valence-corrected chi connectivity index (χ0v) is 20.9. The molecular formula is C23H19BrClF3N2O3S. The molecular weight excluding hydrogens is 557 g/mol. The van der Waals surface area contributed by atoms with Crippen LogP contribution in [0.15, 0.2) is 76.1 Å². The predicted octanol–water partition coefficient (Wildman–Crippen LogP) is 6.26. The number of nitrogens with one attached hydrogen (secondary N) is 1. The van der Waals surface area contributed by atoms with Gasteiger partial charge in [-0.1, -0.05) is 57.4 Å². The number of carbonyl (C=O) groups is 1. The average Bonchev–Trinajstić information content (AvgIpc) is 2.76. The molecule has 0 aromatic heterocycles. The Bertz CT molecular complexity index is 1280. The van der Waals surface area contributed by atoms with E-state index in [9.17, 15) is 26.4 Å². The summed E-state index contributed by atoms with van der Waals surface area (Å²) in [6.07, 6.45) is -4.63. The number of nitrogens with zero attached hydrogens (tertiary/aromatic N) is 1. The predicted molar refractivity (Wildman–Crippen MR) is 128 cm³/mol. The molecule has 0 unspecified atom stereocenters. The van der Waals surface area contributed by atoms with Gasteiger partial charge < -0.3 is 5.32 Å². The van der Waals surface area contributed by atoms with Gasteiger partial charge in [0.15, 0.2) is 0 Å². The zero-order chi connectivity index (χ0) is 25.1. The van der Waals surface area contributed by atoms with Crippen molar-refractivity contribution in [3.05, 3.63) is 92.9 Å². The van der Waals surface area contributed by atoms with Gasteiger partial charge in [-0.3, -0.25) is 4.79 Å². The van der Waals surface area contributed by atoms with Crippen molar-refractivity contribution in [1.29, 1.82) is 0 Å². The second-order valence-corrected chi connectivity index (χ2v) is 10.7. The van der Waals surface area contributed by atoms with Gasteiger partial charge in [0.1, 0.15) is 0 Å². The first-order valence-electron chi connectivity index (χ1n) is 9.84. The number of carbonyl (C=O) groups excluding carboxylic acids is 1. The smallest absolute Gasteiger partial charge is 0.324 e. The molecule has 0 saturated carbocycles. The summed E-state index contributed by atoms with van der Waals surface area (Å²) in [5, 5.41) is 2.19. The fourth-order valence-electron chi connectivity index (χ4n) is 3.03. The molecule has 0 radical (unpaired) electrons. The Morgan fingerprint density at radius 1 is 1.03 bits per heavy atom. The fraction of sp³-hybridized carbons (Fsp3) is 0.174. The molecule has 11 heteroatoms. The first kappa shape index (κ1) is 26.2. The summed E-state index contributed by atoms with van der Waals surface area (Å²) in [6.45, 7) is 1.04. The number of amides is 1. The number of hydrogen-bond acceptors (Lipinski definition) is 3. The van der Waals surface area contributed by atoms with E-state index in [0.29, 0.717) is 11.6 Å². The molecule has 0 saturated heterocycles. The van der Waals surface area contributed by atoms with Crippen LogP contribution >= 0.6 is 27.5 Å². The molecule has 0 fully saturated rings. The lowest BCUT2D eigenvalue weighted by Crippen LogP contribution is -2.37. The Kier molecular flexibility index (Phi) is 8.07. The normalized spacial score (nSPS) is 12.1. The van der Waals surface area contributed by atoms with Gasteiger partial charge in [-0.25, -0.2) is 8.42 Å². The highest BCUT2D eigenvalue weighted by Gasteiger charge is 2.32. The number of rotatable bonds is 7. The Morgan fingerprint density at radius 3 is 2.24 bits per heavy atom. The van der Waals surface area contributed by atoms with Crippen LogP contribution in [0.3, 0.4) is 0 Å². The number of aryl methyl sites for hydroxylation is 1. The molecule has 3 rings (SSSR count). The molecule has 0 aliphatic rings. The summed E-state index contributed by atoms with van der Waals surface area (Å²) >= 11 is 9.26. The molecule has 34 heavy (non-hydrogen) atoms. The van der Waals surface area contributed by atoms with Gasteiger partial charge in [-0.05, 0) is 55.0 Å². The molecule has 0 atom stereocenters. The van der Waals surface area contributed by atoms with Crippen LogP contribution in [0.5, 0.6) is 0 Å². The number of hydrogen-bond donors (Lipinski definition) is 1. The molecule has 1 amide bonds. The molecule has 1 N–H and O–H groups in total. The molecule has 0 aliphatic carbocycles. The summed E-state index contributed by atoms with van der Waals surface area (Å²) in [6, 6.07) is 15.5. The van der Waals surface area contributed by atoms with E-state index in [1.807, 2.05) is 6.92 Å². The Balaban J connectivity index is 1.90. The number of anilines is 1. The Morgan fingerprint density at radius 2 is 1.65 bits per heavy atom. The van der Waals surface area contributed by atoms with Crippen molar-refractivity contribution in [2.24, 2.45) is 0 Å². The van der Waals surface area contributed by atoms with E-state index in [1.165, 1.54) is 12.1 Å². The zero-order valence-electron chi connectivity index (χ0n) is 17.7. The van der Waals surface area contributed by atoms with Crippen LogP contribution in [0.25, 0.3) is 0 Å². The van der Waals surface area contributed by atoms with Gasteiger partial charge in [0.25, 0.3) is 0 Å². The summed E-state index contributed by atoms with van der Waals surface area (Å²) in [4.78, 5) is 12.7. The SMILES string of the molecule is Cc1ccc(S(=O)(=O)N(CC(=O)Nc2cc(C(F)(F)F)ccc2Cl)Cc2ccc(Br)cc2)cc1. The lowest BCUT2D eigenvalue weighted by molar-refractivity contribution is -0.137. The number of sulfonamides is 1. The van der Waals surface area contributed by atoms with Crippen molar-refractivity contribution >= 4 is 49.1 Å². The summed E-state index contributed by atoms with van der Waals surface area (Å²) in [7, 11) is -4.11. The fourth-order valence-corrected chi connectivity index (χ4v) is 4.84. The highest BCUT2D eigenvalue weighted by molar-refractivity contribution is 9.10. The number of halogens is 5. The van der Waals surface area contributed by atoms with Gasteiger partial charge in [0.05, 0.1) is 27.7 Å². The van der Waals surface area contributed by atoms with Gasteiger partial charge in [-0.2, -0.15) is 17.5 Å². The van der Waals surface area contributed by atoms with E-state index in [1.54, 1.807) is 36.4 Å². The van der Waals surface area contributed by atoms with E-state index in [2.05, 4.69) is 21.2 Å². The van der Waals surface area contributed by atoms with Crippen molar-refractivity contribution in [2.75, 3.05) is 11.9 Å². The van der Waals surface area contributed by atoms with Crippen LogP contribution in [0.1, 0.15) is 16.7 Å². The van der Waals surface area contributed by atoms with E-state index < -0.39 is 34.2 Å². The Hall–Kier alpha value is -2.40. The summed E-state index contributed by atoms with van der Waals surface area (Å²) in [5.74, 6) is -0.839. The van der Waals surface area contributed by atoms with Gasteiger partial charge >= 0.3 is 6.18 Å². The lowest BCUT2D eigenvalue weighted by Gasteiger charge is -2.22. The second kappa shape index (κ2) is 10.5. The first-order valence-corrected chi connectivity index (χ1v) is 12.5. The van der Waals surface area contributed by atoms with Crippen molar-refractivity contribution in [3.8, 4) is 0 Å². The third kappa shape index (κ3) is 6.59. The minimum absolute atomic E-state index is 0.0138. The van der Waals surface area contributed by atoms with E-state index in [4.69, 9.17) is 11.6 Å². The molecule has 5 nitrogen and oxygen atoms in total. The summed E-state index contributed by atoms with van der Waals surface area (Å²) in [5.41, 5.74) is 0.211. The second-order valence-electron chi connectivity index (χ2n) is 7.45. The Labute approximate surface area is 208 Å². The van der Waals surface area contributed by atoms with Crippen LogP contribution in [-0.2, 0) is 27.5 Å². The first-order chi connectivity index (χ1) is 15.9. The third-order valence-electron chi connectivity index (χ3n) is 4.82. The highest BCUT2D eigenvalue weighted by atomic mass is 79.9. The van der Waals surface area contributed by atoms with E-state index in [0.717, 1.165) is 26.5 Å². The quantitative estimate of drug-likeness (QED) is 0.362. The van der Waals surface area contributed by atoms with Crippen molar-refractivity contribution in [2.45, 2.75) is 24.5 Å². The molecule has 180 valence electrons. The number of benzene rings is 3. The lowest BCUT2D eigenvalue weighted by atomic mass is 10.2. The van der Waals surface area contributed by atoms with Crippen LogP contribution in [0.2, 0.25) is 5.02 Å². The molecule has 0 bridgehead atoms. The molecule has 0 spiro atoms.